The molecule has 90 valence electrons. The summed E-state index contributed by atoms with van der Waals surface area (Å²) in [5.74, 6) is 0.869. The van der Waals surface area contributed by atoms with E-state index in [-0.39, 0.29) is 0 Å². The summed E-state index contributed by atoms with van der Waals surface area (Å²) in [6.07, 6.45) is 8.69. The van der Waals surface area contributed by atoms with E-state index in [1.54, 1.807) is 0 Å². The highest BCUT2D eigenvalue weighted by molar-refractivity contribution is 4.71. The number of hydrogen-bond donors (Lipinski definition) is 1. The lowest BCUT2D eigenvalue weighted by Gasteiger charge is -2.29. The number of rotatable bonds is 6. The van der Waals surface area contributed by atoms with E-state index in [0.29, 0.717) is 12.2 Å². The van der Waals surface area contributed by atoms with E-state index in [4.69, 9.17) is 4.74 Å². The topological polar surface area (TPSA) is 21.3 Å². The van der Waals surface area contributed by atoms with Crippen LogP contribution in [0.3, 0.4) is 0 Å². The SMILES string of the molecule is CNCCCC(C)OC1CCCC(C)C1. The zero-order valence-corrected chi connectivity index (χ0v) is 10.6. The molecule has 0 radical (unpaired) electrons. The molecule has 1 fully saturated rings. The fourth-order valence-corrected chi connectivity index (χ4v) is 2.46. The summed E-state index contributed by atoms with van der Waals surface area (Å²) in [7, 11) is 2.01. The molecule has 3 atom stereocenters. The van der Waals surface area contributed by atoms with E-state index in [1.807, 2.05) is 7.05 Å². The van der Waals surface area contributed by atoms with Gasteiger partial charge < -0.3 is 10.1 Å². The molecule has 0 bridgehead atoms. The highest BCUT2D eigenvalue weighted by Gasteiger charge is 2.20. The predicted octanol–water partition coefficient (Wildman–Crippen LogP) is 2.97. The van der Waals surface area contributed by atoms with Crippen molar-refractivity contribution in [2.45, 2.75) is 64.6 Å². The highest BCUT2D eigenvalue weighted by atomic mass is 16.5. The minimum atomic E-state index is 0.439. The number of ether oxygens (including phenoxy) is 1. The average Bonchev–Trinajstić information content (AvgIpc) is 2.18. The quantitative estimate of drug-likeness (QED) is 0.685. The van der Waals surface area contributed by atoms with Gasteiger partial charge in [0.1, 0.15) is 0 Å². The first kappa shape index (κ1) is 13.0. The smallest absolute Gasteiger partial charge is 0.0581 e. The van der Waals surface area contributed by atoms with E-state index >= 15 is 0 Å². The van der Waals surface area contributed by atoms with Crippen molar-refractivity contribution in [3.8, 4) is 0 Å². The molecule has 0 aromatic rings. The van der Waals surface area contributed by atoms with Gasteiger partial charge in [-0.25, -0.2) is 0 Å². The van der Waals surface area contributed by atoms with Crippen molar-refractivity contribution in [3.63, 3.8) is 0 Å². The predicted molar refractivity (Wildman–Crippen MR) is 65.1 cm³/mol. The molecule has 1 saturated carbocycles. The van der Waals surface area contributed by atoms with Gasteiger partial charge in [-0.15, -0.1) is 0 Å². The monoisotopic (exact) mass is 213 g/mol. The first-order valence-electron chi connectivity index (χ1n) is 6.52. The highest BCUT2D eigenvalue weighted by Crippen LogP contribution is 2.26. The standard InChI is InChI=1S/C13H27NO/c1-11-6-4-8-13(10-11)15-12(2)7-5-9-14-3/h11-14H,4-10H2,1-3H3. The molecule has 0 amide bonds. The van der Waals surface area contributed by atoms with Crippen LogP contribution in [0.4, 0.5) is 0 Å². The van der Waals surface area contributed by atoms with E-state index < -0.39 is 0 Å². The Labute approximate surface area is 94.8 Å². The van der Waals surface area contributed by atoms with Crippen LogP contribution in [0.1, 0.15) is 52.4 Å². The van der Waals surface area contributed by atoms with Gasteiger partial charge in [-0.2, -0.15) is 0 Å². The fourth-order valence-electron chi connectivity index (χ4n) is 2.46. The van der Waals surface area contributed by atoms with E-state index in [1.165, 1.54) is 38.5 Å². The molecule has 2 heteroatoms. The summed E-state index contributed by atoms with van der Waals surface area (Å²) >= 11 is 0. The van der Waals surface area contributed by atoms with Gasteiger partial charge in [0.05, 0.1) is 12.2 Å². The lowest BCUT2D eigenvalue weighted by Crippen LogP contribution is -2.26. The molecule has 1 aliphatic rings. The Morgan fingerprint density at radius 2 is 2.20 bits per heavy atom. The summed E-state index contributed by atoms with van der Waals surface area (Å²) in [6, 6.07) is 0. The van der Waals surface area contributed by atoms with Gasteiger partial charge in [0.25, 0.3) is 0 Å². The molecular formula is C13H27NO. The minimum Gasteiger partial charge on any atom is -0.375 e. The summed E-state index contributed by atoms with van der Waals surface area (Å²) < 4.78 is 6.08. The second-order valence-electron chi connectivity index (χ2n) is 5.09. The van der Waals surface area contributed by atoms with Crippen molar-refractivity contribution in [2.24, 2.45) is 5.92 Å². The van der Waals surface area contributed by atoms with Crippen molar-refractivity contribution < 1.29 is 4.74 Å². The summed E-state index contributed by atoms with van der Waals surface area (Å²) in [5.41, 5.74) is 0. The van der Waals surface area contributed by atoms with Crippen LogP contribution in [0.25, 0.3) is 0 Å². The Bertz CT molecular complexity index is 161. The Morgan fingerprint density at radius 1 is 1.40 bits per heavy atom. The van der Waals surface area contributed by atoms with Crippen LogP contribution in [0.2, 0.25) is 0 Å². The summed E-state index contributed by atoms with van der Waals surface area (Å²) in [4.78, 5) is 0. The maximum Gasteiger partial charge on any atom is 0.0581 e. The first-order valence-corrected chi connectivity index (χ1v) is 6.52. The van der Waals surface area contributed by atoms with Crippen molar-refractivity contribution in [2.75, 3.05) is 13.6 Å². The molecule has 1 rings (SSSR count). The van der Waals surface area contributed by atoms with E-state index in [0.717, 1.165) is 12.5 Å². The van der Waals surface area contributed by atoms with E-state index in [2.05, 4.69) is 19.2 Å². The molecule has 3 unspecified atom stereocenters. The first-order chi connectivity index (χ1) is 7.22. The van der Waals surface area contributed by atoms with Crippen molar-refractivity contribution in [3.05, 3.63) is 0 Å². The van der Waals surface area contributed by atoms with E-state index in [9.17, 15) is 0 Å². The third kappa shape index (κ3) is 5.53. The summed E-state index contributed by atoms with van der Waals surface area (Å²) in [6.45, 7) is 5.67. The van der Waals surface area contributed by atoms with Crippen LogP contribution in [0, 0.1) is 5.92 Å². The van der Waals surface area contributed by atoms with Crippen LogP contribution in [-0.2, 0) is 4.74 Å². The van der Waals surface area contributed by atoms with Crippen molar-refractivity contribution in [1.29, 1.82) is 0 Å². The van der Waals surface area contributed by atoms with Gasteiger partial charge in [0.2, 0.25) is 0 Å². The van der Waals surface area contributed by atoms with Gasteiger partial charge in [-0.3, -0.25) is 0 Å². The molecular weight excluding hydrogens is 186 g/mol. The molecule has 15 heavy (non-hydrogen) atoms. The van der Waals surface area contributed by atoms with Crippen LogP contribution in [0.15, 0.2) is 0 Å². The zero-order chi connectivity index (χ0) is 11.1. The minimum absolute atomic E-state index is 0.439. The third-order valence-corrected chi connectivity index (χ3v) is 3.35. The van der Waals surface area contributed by atoms with Gasteiger partial charge in [-0.1, -0.05) is 19.8 Å². The zero-order valence-electron chi connectivity index (χ0n) is 10.6. The van der Waals surface area contributed by atoms with Crippen molar-refractivity contribution >= 4 is 0 Å². The van der Waals surface area contributed by atoms with Gasteiger partial charge in [-0.05, 0) is 52.1 Å². The molecule has 1 aliphatic carbocycles. The summed E-state index contributed by atoms with van der Waals surface area (Å²) in [5, 5.41) is 3.18. The second kappa shape index (κ2) is 7.24. The Morgan fingerprint density at radius 3 is 2.87 bits per heavy atom. The second-order valence-corrected chi connectivity index (χ2v) is 5.09. The lowest BCUT2D eigenvalue weighted by atomic mass is 9.88. The largest absolute Gasteiger partial charge is 0.375 e. The Hall–Kier alpha value is -0.0800. The molecule has 1 N–H and O–H groups in total. The molecule has 0 saturated heterocycles. The van der Waals surface area contributed by atoms with Gasteiger partial charge in [0.15, 0.2) is 0 Å². The number of nitrogens with one attached hydrogen (secondary N) is 1. The maximum absolute atomic E-state index is 6.08. The van der Waals surface area contributed by atoms with Crippen LogP contribution in [-0.4, -0.2) is 25.8 Å². The maximum atomic E-state index is 6.08. The van der Waals surface area contributed by atoms with Gasteiger partial charge >= 0.3 is 0 Å². The normalized spacial score (nSPS) is 29.0. The Kier molecular flexibility index (Phi) is 6.26. The average molecular weight is 213 g/mol. The van der Waals surface area contributed by atoms with Crippen molar-refractivity contribution in [1.82, 2.24) is 5.32 Å². The Balaban J connectivity index is 2.10. The molecule has 0 aliphatic heterocycles. The van der Waals surface area contributed by atoms with Crippen LogP contribution in [0.5, 0.6) is 0 Å². The van der Waals surface area contributed by atoms with Crippen LogP contribution < -0.4 is 5.32 Å². The third-order valence-electron chi connectivity index (χ3n) is 3.35. The fraction of sp³-hybridized carbons (Fsp3) is 1.00. The lowest BCUT2D eigenvalue weighted by molar-refractivity contribution is -0.0339. The van der Waals surface area contributed by atoms with Crippen LogP contribution >= 0.6 is 0 Å². The molecule has 0 spiro atoms. The molecule has 0 aromatic heterocycles. The molecule has 0 heterocycles. The molecule has 0 aromatic carbocycles. The number of hydrogen-bond acceptors (Lipinski definition) is 2. The molecule has 2 nitrogen and oxygen atoms in total. The van der Waals surface area contributed by atoms with Gasteiger partial charge in [0, 0.05) is 0 Å².